The first-order valence-electron chi connectivity index (χ1n) is 3.16. The van der Waals surface area contributed by atoms with Crippen molar-refractivity contribution < 1.29 is 4.74 Å². The maximum atomic E-state index is 5.29. The van der Waals surface area contributed by atoms with Gasteiger partial charge in [0.2, 0.25) is 0 Å². The van der Waals surface area contributed by atoms with E-state index < -0.39 is 0 Å². The summed E-state index contributed by atoms with van der Waals surface area (Å²) in [5.74, 6) is 0. The minimum absolute atomic E-state index is 0.722. The Balaban J connectivity index is 3.30. The first kappa shape index (κ1) is 8.66. The van der Waals surface area contributed by atoms with Gasteiger partial charge in [-0.15, -0.1) is 0 Å². The lowest BCUT2D eigenvalue weighted by Gasteiger charge is -1.96. The Morgan fingerprint density at radius 1 is 1.67 bits per heavy atom. The highest BCUT2D eigenvalue weighted by molar-refractivity contribution is 4.97. The van der Waals surface area contributed by atoms with Gasteiger partial charge in [-0.1, -0.05) is 11.6 Å². The molecule has 0 bridgehead atoms. The minimum atomic E-state index is 0.722. The van der Waals surface area contributed by atoms with Gasteiger partial charge in [-0.2, -0.15) is 0 Å². The third kappa shape index (κ3) is 5.53. The highest BCUT2D eigenvalue weighted by Gasteiger charge is 1.84. The quantitative estimate of drug-likeness (QED) is 0.573. The van der Waals surface area contributed by atoms with Crippen molar-refractivity contribution in [1.29, 1.82) is 0 Å². The van der Waals surface area contributed by atoms with Crippen molar-refractivity contribution in [3.8, 4) is 0 Å². The maximum absolute atomic E-state index is 5.29. The minimum Gasteiger partial charge on any atom is -0.380 e. The van der Waals surface area contributed by atoms with E-state index in [1.54, 1.807) is 7.11 Å². The molecule has 2 heteroatoms. The van der Waals surface area contributed by atoms with Crippen LogP contribution in [0.1, 0.15) is 13.3 Å². The molecule has 0 spiro atoms. The largest absolute Gasteiger partial charge is 0.380 e. The Hall–Kier alpha value is -0.340. The van der Waals surface area contributed by atoms with Crippen molar-refractivity contribution in [2.24, 2.45) is 5.73 Å². The average Bonchev–Trinajstić information content (AvgIpc) is 1.85. The molecule has 0 aliphatic carbocycles. The van der Waals surface area contributed by atoms with E-state index in [0.29, 0.717) is 0 Å². The summed E-state index contributed by atoms with van der Waals surface area (Å²) in [4.78, 5) is 0. The highest BCUT2D eigenvalue weighted by atomic mass is 16.5. The molecule has 0 saturated carbocycles. The summed E-state index contributed by atoms with van der Waals surface area (Å²) < 4.78 is 4.89. The summed E-state index contributed by atoms with van der Waals surface area (Å²) in [6.07, 6.45) is 3.05. The normalized spacial score (nSPS) is 12.1. The molecule has 0 unspecified atom stereocenters. The fourth-order valence-electron chi connectivity index (χ4n) is 0.616. The van der Waals surface area contributed by atoms with Gasteiger partial charge in [0, 0.05) is 7.11 Å². The Morgan fingerprint density at radius 2 is 2.33 bits per heavy atom. The lowest BCUT2D eigenvalue weighted by molar-refractivity contribution is 0.225. The molecule has 0 amide bonds. The van der Waals surface area contributed by atoms with Gasteiger partial charge in [-0.3, -0.25) is 0 Å². The molecule has 2 N–H and O–H groups in total. The molecule has 2 nitrogen and oxygen atoms in total. The van der Waals surface area contributed by atoms with Crippen LogP contribution in [0.5, 0.6) is 0 Å². The highest BCUT2D eigenvalue weighted by Crippen LogP contribution is 1.93. The van der Waals surface area contributed by atoms with Crippen LogP contribution in [0.4, 0.5) is 0 Å². The van der Waals surface area contributed by atoms with Crippen molar-refractivity contribution in [2.45, 2.75) is 13.3 Å². The zero-order chi connectivity index (χ0) is 7.11. The van der Waals surface area contributed by atoms with Crippen molar-refractivity contribution in [3.63, 3.8) is 0 Å². The van der Waals surface area contributed by atoms with Crippen LogP contribution in [0.25, 0.3) is 0 Å². The van der Waals surface area contributed by atoms with Crippen LogP contribution in [0.2, 0.25) is 0 Å². The van der Waals surface area contributed by atoms with Crippen LogP contribution < -0.4 is 5.73 Å². The molecule has 0 rings (SSSR count). The van der Waals surface area contributed by atoms with Gasteiger partial charge < -0.3 is 10.5 Å². The number of hydrogen-bond donors (Lipinski definition) is 1. The number of ether oxygens (including phenoxy) is 1. The molecule has 0 aromatic heterocycles. The molecular weight excluding hydrogens is 114 g/mol. The molecule has 0 heterocycles. The van der Waals surface area contributed by atoms with Crippen molar-refractivity contribution >= 4 is 0 Å². The lowest BCUT2D eigenvalue weighted by atomic mass is 10.2. The molecule has 0 aromatic rings. The van der Waals surface area contributed by atoms with Crippen LogP contribution in [0, 0.1) is 0 Å². The Labute approximate surface area is 56.7 Å². The second kappa shape index (κ2) is 5.79. The maximum Gasteiger partial charge on any atom is 0.0670 e. The molecule has 0 aliphatic heterocycles. The lowest BCUT2D eigenvalue weighted by Crippen LogP contribution is -1.97. The van der Waals surface area contributed by atoms with E-state index in [1.165, 1.54) is 5.57 Å². The van der Waals surface area contributed by atoms with Crippen LogP contribution in [0.3, 0.4) is 0 Å². The number of rotatable bonds is 4. The number of hydrogen-bond acceptors (Lipinski definition) is 2. The van der Waals surface area contributed by atoms with Crippen LogP contribution in [0.15, 0.2) is 11.6 Å². The van der Waals surface area contributed by atoms with Crippen molar-refractivity contribution in [2.75, 3.05) is 20.3 Å². The summed E-state index contributed by atoms with van der Waals surface area (Å²) in [6.45, 7) is 3.49. The summed E-state index contributed by atoms with van der Waals surface area (Å²) >= 11 is 0. The molecular formula is C7H15NO. The molecule has 9 heavy (non-hydrogen) atoms. The third-order valence-electron chi connectivity index (χ3n) is 1.03. The van der Waals surface area contributed by atoms with Gasteiger partial charge >= 0.3 is 0 Å². The Bertz CT molecular complexity index is 88.9. The summed E-state index contributed by atoms with van der Waals surface area (Å²) in [5, 5.41) is 0. The third-order valence-corrected chi connectivity index (χ3v) is 1.03. The van der Waals surface area contributed by atoms with Gasteiger partial charge in [-0.25, -0.2) is 0 Å². The number of nitrogens with two attached hydrogens (primary N) is 1. The van der Waals surface area contributed by atoms with Crippen molar-refractivity contribution in [1.82, 2.24) is 0 Å². The van der Waals surface area contributed by atoms with Gasteiger partial charge in [0.15, 0.2) is 0 Å². The zero-order valence-electron chi connectivity index (χ0n) is 6.18. The van der Waals surface area contributed by atoms with Gasteiger partial charge in [0.25, 0.3) is 0 Å². The molecule has 0 saturated heterocycles. The van der Waals surface area contributed by atoms with E-state index >= 15 is 0 Å². The van der Waals surface area contributed by atoms with Crippen LogP contribution >= 0.6 is 0 Å². The van der Waals surface area contributed by atoms with Gasteiger partial charge in [0.05, 0.1) is 6.61 Å². The van der Waals surface area contributed by atoms with Gasteiger partial charge in [0.1, 0.15) is 0 Å². The standard InChI is InChI=1S/C7H15NO/c1-7(6-9-2)4-3-5-8/h4H,3,5-6,8H2,1-2H3/b7-4+. The first-order valence-corrected chi connectivity index (χ1v) is 3.16. The predicted octanol–water partition coefficient (Wildman–Crippen LogP) is 0.928. The summed E-state index contributed by atoms with van der Waals surface area (Å²) in [6, 6.07) is 0. The molecule has 0 radical (unpaired) electrons. The predicted molar refractivity (Wildman–Crippen MR) is 39.3 cm³/mol. The second-order valence-electron chi connectivity index (χ2n) is 2.06. The van der Waals surface area contributed by atoms with E-state index in [-0.39, 0.29) is 0 Å². The molecule has 54 valence electrons. The van der Waals surface area contributed by atoms with E-state index in [1.807, 2.05) is 6.92 Å². The van der Waals surface area contributed by atoms with Crippen molar-refractivity contribution in [3.05, 3.63) is 11.6 Å². The topological polar surface area (TPSA) is 35.2 Å². The van der Waals surface area contributed by atoms with E-state index in [9.17, 15) is 0 Å². The molecule has 0 atom stereocenters. The van der Waals surface area contributed by atoms with E-state index in [2.05, 4.69) is 6.08 Å². The fourth-order valence-corrected chi connectivity index (χ4v) is 0.616. The average molecular weight is 129 g/mol. The monoisotopic (exact) mass is 129 g/mol. The summed E-state index contributed by atoms with van der Waals surface area (Å²) in [7, 11) is 1.69. The Kier molecular flexibility index (Phi) is 5.57. The molecule has 0 aromatic carbocycles. The number of methoxy groups -OCH3 is 1. The fraction of sp³-hybridized carbons (Fsp3) is 0.714. The van der Waals surface area contributed by atoms with Gasteiger partial charge in [-0.05, 0) is 19.9 Å². The smallest absolute Gasteiger partial charge is 0.0670 e. The Morgan fingerprint density at radius 3 is 2.78 bits per heavy atom. The zero-order valence-corrected chi connectivity index (χ0v) is 6.18. The van der Waals surface area contributed by atoms with E-state index in [4.69, 9.17) is 10.5 Å². The van der Waals surface area contributed by atoms with E-state index in [0.717, 1.165) is 19.6 Å². The molecule has 0 fully saturated rings. The second-order valence-corrected chi connectivity index (χ2v) is 2.06. The van der Waals surface area contributed by atoms with Crippen LogP contribution in [-0.2, 0) is 4.74 Å². The van der Waals surface area contributed by atoms with Crippen LogP contribution in [-0.4, -0.2) is 20.3 Å². The summed E-state index contributed by atoms with van der Waals surface area (Å²) in [5.41, 5.74) is 6.54. The first-order chi connectivity index (χ1) is 4.31. The SMILES string of the molecule is COC/C(C)=C/CCN. The molecule has 0 aliphatic rings.